The van der Waals surface area contributed by atoms with Crippen LogP contribution in [0.15, 0.2) is 51.8 Å². The number of halogens is 1. The highest BCUT2D eigenvalue weighted by atomic mass is 79.9. The summed E-state index contributed by atoms with van der Waals surface area (Å²) in [5.41, 5.74) is 3.45. The van der Waals surface area contributed by atoms with Gasteiger partial charge in [0.2, 0.25) is 5.91 Å². The van der Waals surface area contributed by atoms with E-state index >= 15 is 0 Å². The molecule has 3 rings (SSSR count). The summed E-state index contributed by atoms with van der Waals surface area (Å²) in [5.74, 6) is 0.895. The summed E-state index contributed by atoms with van der Waals surface area (Å²) in [6.07, 6.45) is 0. The lowest BCUT2D eigenvalue weighted by molar-refractivity contribution is -0.120. The van der Waals surface area contributed by atoms with E-state index in [1.165, 1.54) is 10.5 Å². The van der Waals surface area contributed by atoms with Crippen LogP contribution in [-0.4, -0.2) is 18.5 Å². The van der Waals surface area contributed by atoms with Crippen molar-refractivity contribution < 1.29 is 4.79 Å². The van der Waals surface area contributed by atoms with E-state index in [0.717, 1.165) is 15.7 Å². The molecule has 0 fully saturated rings. The molecule has 2 aromatic carbocycles. The molecule has 0 aromatic heterocycles. The maximum Gasteiger partial charge on any atom is 0.240 e. The van der Waals surface area contributed by atoms with E-state index in [-0.39, 0.29) is 11.9 Å². The smallest absolute Gasteiger partial charge is 0.240 e. The Hall–Kier alpha value is -1.46. The first-order valence-electron chi connectivity index (χ1n) is 9.00. The molecule has 2 aromatic rings. The standard InChI is InChI=1S/C21H25BrN2OS/c1-13(2)21(14(3)4)23-20(25)12-24-18-10-9-15(22)11-17(18)16-7-5-6-8-19(16)26-24/h5-11,13-14,21H,12H2,1-4H3,(H,23,25). The molecule has 5 heteroatoms. The van der Waals surface area contributed by atoms with Crippen molar-refractivity contribution in [2.24, 2.45) is 11.8 Å². The van der Waals surface area contributed by atoms with Gasteiger partial charge in [-0.05, 0) is 53.6 Å². The van der Waals surface area contributed by atoms with E-state index in [1.54, 1.807) is 11.9 Å². The summed E-state index contributed by atoms with van der Waals surface area (Å²) in [5, 5.41) is 3.23. The van der Waals surface area contributed by atoms with E-state index in [1.807, 2.05) is 12.1 Å². The number of carbonyl (C=O) groups excluding carboxylic acids is 1. The van der Waals surface area contributed by atoms with Gasteiger partial charge in [-0.2, -0.15) is 0 Å². The number of nitrogens with one attached hydrogen (secondary N) is 1. The van der Waals surface area contributed by atoms with Crippen molar-refractivity contribution in [3.8, 4) is 11.1 Å². The molecule has 1 N–H and O–H groups in total. The van der Waals surface area contributed by atoms with Crippen molar-refractivity contribution in [3.05, 3.63) is 46.9 Å². The molecule has 0 aliphatic carbocycles. The molecule has 0 bridgehead atoms. The van der Waals surface area contributed by atoms with Gasteiger partial charge in [0.15, 0.2) is 0 Å². The van der Waals surface area contributed by atoms with Gasteiger partial charge in [-0.25, -0.2) is 0 Å². The second kappa shape index (κ2) is 8.05. The Morgan fingerprint density at radius 3 is 2.46 bits per heavy atom. The minimum atomic E-state index is 0.0677. The van der Waals surface area contributed by atoms with Gasteiger partial charge in [-0.15, -0.1) is 0 Å². The van der Waals surface area contributed by atoms with Crippen LogP contribution >= 0.6 is 27.9 Å². The monoisotopic (exact) mass is 432 g/mol. The van der Waals surface area contributed by atoms with Crippen LogP contribution in [0.4, 0.5) is 5.69 Å². The van der Waals surface area contributed by atoms with Gasteiger partial charge in [-0.3, -0.25) is 4.79 Å². The maximum absolute atomic E-state index is 12.7. The topological polar surface area (TPSA) is 32.3 Å². The number of amides is 1. The molecule has 0 saturated heterocycles. The van der Waals surface area contributed by atoms with Gasteiger partial charge < -0.3 is 9.62 Å². The van der Waals surface area contributed by atoms with Crippen LogP contribution in [0.5, 0.6) is 0 Å². The maximum atomic E-state index is 12.7. The second-order valence-corrected chi connectivity index (χ2v) is 9.35. The first kappa shape index (κ1) is 19.3. The first-order chi connectivity index (χ1) is 12.4. The number of anilines is 1. The molecule has 0 unspecified atom stereocenters. The van der Waals surface area contributed by atoms with Gasteiger partial charge in [0.1, 0.15) is 6.54 Å². The Labute approximate surface area is 168 Å². The number of benzene rings is 2. The van der Waals surface area contributed by atoms with E-state index in [9.17, 15) is 4.79 Å². The largest absolute Gasteiger partial charge is 0.351 e. The van der Waals surface area contributed by atoms with E-state index in [2.05, 4.69) is 83.6 Å². The number of hydrogen-bond donors (Lipinski definition) is 1. The molecular weight excluding hydrogens is 408 g/mol. The van der Waals surface area contributed by atoms with Gasteiger partial charge in [0, 0.05) is 21.0 Å². The third-order valence-corrected chi connectivity index (χ3v) is 6.26. The summed E-state index contributed by atoms with van der Waals surface area (Å²) in [7, 11) is 0. The van der Waals surface area contributed by atoms with Crippen LogP contribution in [0.1, 0.15) is 27.7 Å². The highest BCUT2D eigenvalue weighted by molar-refractivity contribution is 9.10. The van der Waals surface area contributed by atoms with Gasteiger partial charge in [-0.1, -0.05) is 61.8 Å². The predicted octanol–water partition coefficient (Wildman–Crippen LogP) is 5.74. The number of rotatable bonds is 5. The fraction of sp³-hybridized carbons (Fsp3) is 0.381. The molecule has 1 aliphatic rings. The molecule has 0 atom stereocenters. The zero-order valence-electron chi connectivity index (χ0n) is 15.6. The third-order valence-electron chi connectivity index (χ3n) is 4.66. The van der Waals surface area contributed by atoms with Crippen LogP contribution in [0.3, 0.4) is 0 Å². The minimum absolute atomic E-state index is 0.0677. The molecule has 1 amide bonds. The molecule has 138 valence electrons. The van der Waals surface area contributed by atoms with Crippen LogP contribution in [-0.2, 0) is 4.79 Å². The van der Waals surface area contributed by atoms with Gasteiger partial charge in [0.05, 0.1) is 5.69 Å². The summed E-state index contributed by atoms with van der Waals surface area (Å²) >= 11 is 5.21. The number of nitrogens with zero attached hydrogens (tertiary/aromatic N) is 1. The molecule has 3 nitrogen and oxygen atoms in total. The van der Waals surface area contributed by atoms with Crippen LogP contribution < -0.4 is 9.62 Å². The molecule has 26 heavy (non-hydrogen) atoms. The Balaban J connectivity index is 1.85. The molecule has 0 saturated carbocycles. The normalized spacial score (nSPS) is 13.2. The lowest BCUT2D eigenvalue weighted by Gasteiger charge is -2.32. The first-order valence-corrected chi connectivity index (χ1v) is 10.6. The molecule has 1 aliphatic heterocycles. The van der Waals surface area contributed by atoms with E-state index < -0.39 is 0 Å². The van der Waals surface area contributed by atoms with Crippen molar-refractivity contribution in [3.63, 3.8) is 0 Å². The Morgan fingerprint density at radius 2 is 1.77 bits per heavy atom. The molecule has 0 spiro atoms. The summed E-state index contributed by atoms with van der Waals surface area (Å²) in [6, 6.07) is 14.8. The van der Waals surface area contributed by atoms with E-state index in [0.29, 0.717) is 18.4 Å². The van der Waals surface area contributed by atoms with Gasteiger partial charge in [0.25, 0.3) is 0 Å². The molecule has 1 heterocycles. The Kier molecular flexibility index (Phi) is 5.98. The highest BCUT2D eigenvalue weighted by Crippen LogP contribution is 2.46. The summed E-state index contributed by atoms with van der Waals surface area (Å²) in [6.45, 7) is 8.96. The number of carbonyl (C=O) groups is 1. The SMILES string of the molecule is CC(C)C(NC(=O)CN1Sc2ccccc2-c2cc(Br)ccc21)C(C)C. The molecule has 0 radical (unpaired) electrons. The van der Waals surface area contributed by atoms with Crippen molar-refractivity contribution >= 4 is 39.5 Å². The average Bonchev–Trinajstić information content (AvgIpc) is 2.59. The highest BCUT2D eigenvalue weighted by Gasteiger charge is 2.26. The summed E-state index contributed by atoms with van der Waals surface area (Å²) < 4.78 is 3.14. The van der Waals surface area contributed by atoms with Crippen molar-refractivity contribution in [1.29, 1.82) is 0 Å². The van der Waals surface area contributed by atoms with Crippen molar-refractivity contribution in [1.82, 2.24) is 5.32 Å². The predicted molar refractivity (Wildman–Crippen MR) is 114 cm³/mol. The zero-order valence-corrected chi connectivity index (χ0v) is 18.0. The second-order valence-electron chi connectivity index (χ2n) is 7.37. The molecular formula is C21H25BrN2OS. The van der Waals surface area contributed by atoms with Crippen molar-refractivity contribution in [2.45, 2.75) is 38.6 Å². The minimum Gasteiger partial charge on any atom is -0.351 e. The third kappa shape index (κ3) is 4.09. The number of hydrogen-bond acceptors (Lipinski definition) is 3. The van der Waals surface area contributed by atoms with Crippen LogP contribution in [0, 0.1) is 11.8 Å². The lowest BCUT2D eigenvalue weighted by atomic mass is 9.93. The van der Waals surface area contributed by atoms with Crippen LogP contribution in [0.2, 0.25) is 0 Å². The van der Waals surface area contributed by atoms with E-state index in [4.69, 9.17) is 0 Å². The van der Waals surface area contributed by atoms with Crippen LogP contribution in [0.25, 0.3) is 11.1 Å². The zero-order chi connectivity index (χ0) is 18.8. The fourth-order valence-corrected chi connectivity index (χ4v) is 4.91. The Morgan fingerprint density at radius 1 is 1.08 bits per heavy atom. The number of fused-ring (bicyclic) bond motifs is 3. The Bertz CT molecular complexity index is 798. The average molecular weight is 433 g/mol. The van der Waals surface area contributed by atoms with Gasteiger partial charge >= 0.3 is 0 Å². The summed E-state index contributed by atoms with van der Waals surface area (Å²) in [4.78, 5) is 13.9. The quantitative estimate of drug-likeness (QED) is 0.611. The fourth-order valence-electron chi connectivity index (χ4n) is 3.46. The van der Waals surface area contributed by atoms with Crippen molar-refractivity contribution in [2.75, 3.05) is 10.8 Å². The lowest BCUT2D eigenvalue weighted by Crippen LogP contribution is -2.45.